The van der Waals surface area contributed by atoms with Crippen molar-refractivity contribution in [1.29, 1.82) is 0 Å². The molecule has 0 spiro atoms. The number of hydrogen-bond donors (Lipinski definition) is 1. The summed E-state index contributed by atoms with van der Waals surface area (Å²) in [4.78, 5) is 2.33. The fourth-order valence-corrected chi connectivity index (χ4v) is 4.05. The maximum Gasteiger partial charge on any atom is 0.262 e. The first-order valence-corrected chi connectivity index (χ1v) is 10.9. The quantitative estimate of drug-likeness (QED) is 0.726. The predicted octanol–water partition coefficient (Wildman–Crippen LogP) is 3.12. The lowest BCUT2D eigenvalue weighted by molar-refractivity contribution is 0.122. The van der Waals surface area contributed by atoms with Gasteiger partial charge in [-0.25, -0.2) is 8.42 Å². The molecule has 0 bridgehead atoms. The Kier molecular flexibility index (Phi) is 6.64. The minimum absolute atomic E-state index is 0.122. The highest BCUT2D eigenvalue weighted by molar-refractivity contribution is 7.92. The first-order valence-electron chi connectivity index (χ1n) is 9.38. The van der Waals surface area contributed by atoms with E-state index in [-0.39, 0.29) is 4.90 Å². The molecular weight excluding hydrogens is 380 g/mol. The van der Waals surface area contributed by atoms with Gasteiger partial charge in [0.1, 0.15) is 0 Å². The lowest BCUT2D eigenvalue weighted by atomic mass is 10.2. The van der Waals surface area contributed by atoms with Crippen molar-refractivity contribution in [2.45, 2.75) is 18.7 Å². The molecule has 2 aromatic carbocycles. The van der Waals surface area contributed by atoms with E-state index < -0.39 is 10.0 Å². The monoisotopic (exact) mass is 406 g/mol. The van der Waals surface area contributed by atoms with Crippen molar-refractivity contribution < 1.29 is 22.6 Å². The van der Waals surface area contributed by atoms with Gasteiger partial charge in [0, 0.05) is 30.5 Å². The molecule has 7 nitrogen and oxygen atoms in total. The summed E-state index contributed by atoms with van der Waals surface area (Å²) in [7, 11) is -3.74. The lowest BCUT2D eigenvalue weighted by Gasteiger charge is -2.28. The Morgan fingerprint density at radius 3 is 2.25 bits per heavy atom. The van der Waals surface area contributed by atoms with Crippen LogP contribution in [0.25, 0.3) is 0 Å². The van der Waals surface area contributed by atoms with Crippen LogP contribution in [0.4, 0.5) is 11.4 Å². The van der Waals surface area contributed by atoms with Crippen LogP contribution < -0.4 is 19.1 Å². The number of morpholine rings is 1. The molecular formula is C20H26N2O5S. The van der Waals surface area contributed by atoms with Crippen molar-refractivity contribution in [2.24, 2.45) is 0 Å². The SMILES string of the molecule is CCOc1ccc(S(=O)(=O)Nc2ccc(N3CCOCC3)cc2)cc1OCC. The Bertz CT molecular complexity index is 878. The van der Waals surface area contributed by atoms with E-state index in [9.17, 15) is 8.42 Å². The zero-order valence-electron chi connectivity index (χ0n) is 16.2. The number of anilines is 2. The number of nitrogens with zero attached hydrogens (tertiary/aromatic N) is 1. The van der Waals surface area contributed by atoms with E-state index in [4.69, 9.17) is 14.2 Å². The third-order valence-electron chi connectivity index (χ3n) is 4.32. The number of nitrogens with one attached hydrogen (secondary N) is 1. The maximum atomic E-state index is 12.8. The molecule has 1 heterocycles. The summed E-state index contributed by atoms with van der Waals surface area (Å²) in [6.45, 7) is 7.66. The van der Waals surface area contributed by atoms with E-state index in [1.807, 2.05) is 26.0 Å². The van der Waals surface area contributed by atoms with Gasteiger partial charge in [-0.2, -0.15) is 0 Å². The molecule has 0 radical (unpaired) electrons. The van der Waals surface area contributed by atoms with Crippen LogP contribution >= 0.6 is 0 Å². The number of sulfonamides is 1. The summed E-state index contributed by atoms with van der Waals surface area (Å²) in [6, 6.07) is 12.0. The summed E-state index contributed by atoms with van der Waals surface area (Å²) in [5, 5.41) is 0. The third-order valence-corrected chi connectivity index (χ3v) is 5.70. The molecule has 1 aliphatic heterocycles. The molecule has 2 aromatic rings. The minimum atomic E-state index is -3.74. The van der Waals surface area contributed by atoms with Crippen LogP contribution in [0.2, 0.25) is 0 Å². The van der Waals surface area contributed by atoms with E-state index in [0.717, 1.165) is 18.8 Å². The van der Waals surface area contributed by atoms with Crippen LogP contribution in [0.1, 0.15) is 13.8 Å². The molecule has 3 rings (SSSR count). The molecule has 0 aliphatic carbocycles. The molecule has 0 amide bonds. The van der Waals surface area contributed by atoms with Gasteiger partial charge in [0.15, 0.2) is 11.5 Å². The Labute approximate surface area is 166 Å². The normalized spacial score (nSPS) is 14.6. The van der Waals surface area contributed by atoms with Crippen molar-refractivity contribution in [3.63, 3.8) is 0 Å². The molecule has 1 fully saturated rings. The fourth-order valence-electron chi connectivity index (χ4n) is 2.97. The molecule has 1 saturated heterocycles. The van der Waals surface area contributed by atoms with Crippen molar-refractivity contribution in [3.05, 3.63) is 42.5 Å². The maximum absolute atomic E-state index is 12.8. The van der Waals surface area contributed by atoms with Crippen molar-refractivity contribution in [1.82, 2.24) is 0 Å². The van der Waals surface area contributed by atoms with Gasteiger partial charge in [-0.05, 0) is 50.2 Å². The van der Waals surface area contributed by atoms with Gasteiger partial charge in [-0.15, -0.1) is 0 Å². The highest BCUT2D eigenvalue weighted by atomic mass is 32.2. The summed E-state index contributed by atoms with van der Waals surface area (Å²) >= 11 is 0. The average molecular weight is 407 g/mol. The number of ether oxygens (including phenoxy) is 3. The van der Waals surface area contributed by atoms with E-state index in [1.54, 1.807) is 18.2 Å². The molecule has 152 valence electrons. The topological polar surface area (TPSA) is 77.1 Å². The fraction of sp³-hybridized carbons (Fsp3) is 0.400. The van der Waals surface area contributed by atoms with Crippen LogP contribution in [-0.4, -0.2) is 47.9 Å². The van der Waals surface area contributed by atoms with Crippen molar-refractivity contribution in [2.75, 3.05) is 49.1 Å². The highest BCUT2D eigenvalue weighted by Crippen LogP contribution is 2.31. The number of hydrogen-bond acceptors (Lipinski definition) is 6. The van der Waals surface area contributed by atoms with E-state index in [2.05, 4.69) is 9.62 Å². The molecule has 0 unspecified atom stereocenters. The second-order valence-electron chi connectivity index (χ2n) is 6.23. The first-order chi connectivity index (χ1) is 13.5. The molecule has 0 aromatic heterocycles. The summed E-state index contributed by atoms with van der Waals surface area (Å²) in [5.41, 5.74) is 1.55. The van der Waals surface area contributed by atoms with E-state index in [1.165, 1.54) is 12.1 Å². The molecule has 0 saturated carbocycles. The second-order valence-corrected chi connectivity index (χ2v) is 7.91. The molecule has 1 N–H and O–H groups in total. The van der Waals surface area contributed by atoms with Crippen LogP contribution in [0.15, 0.2) is 47.4 Å². The Hall–Kier alpha value is -2.45. The van der Waals surface area contributed by atoms with Crippen LogP contribution in [0, 0.1) is 0 Å². The van der Waals surface area contributed by atoms with Gasteiger partial charge in [0.05, 0.1) is 31.3 Å². The Morgan fingerprint density at radius 2 is 1.61 bits per heavy atom. The zero-order chi connectivity index (χ0) is 20.0. The van der Waals surface area contributed by atoms with Crippen molar-refractivity contribution in [3.8, 4) is 11.5 Å². The average Bonchev–Trinajstić information content (AvgIpc) is 2.70. The van der Waals surface area contributed by atoms with Gasteiger partial charge in [0.25, 0.3) is 10.0 Å². The highest BCUT2D eigenvalue weighted by Gasteiger charge is 2.18. The molecule has 8 heteroatoms. The zero-order valence-corrected chi connectivity index (χ0v) is 17.0. The second kappa shape index (κ2) is 9.16. The number of rotatable bonds is 8. The largest absolute Gasteiger partial charge is 0.490 e. The van der Waals surface area contributed by atoms with Crippen molar-refractivity contribution >= 4 is 21.4 Å². The van der Waals surface area contributed by atoms with Crippen LogP contribution in [0.3, 0.4) is 0 Å². The minimum Gasteiger partial charge on any atom is -0.490 e. The Balaban J connectivity index is 1.76. The smallest absolute Gasteiger partial charge is 0.262 e. The molecule has 28 heavy (non-hydrogen) atoms. The third kappa shape index (κ3) is 4.88. The van der Waals surface area contributed by atoms with Gasteiger partial charge >= 0.3 is 0 Å². The molecule has 0 atom stereocenters. The van der Waals surface area contributed by atoms with Gasteiger partial charge < -0.3 is 19.1 Å². The summed E-state index contributed by atoms with van der Waals surface area (Å²) < 4.78 is 44.6. The van der Waals surface area contributed by atoms with E-state index in [0.29, 0.717) is 43.6 Å². The Morgan fingerprint density at radius 1 is 0.964 bits per heavy atom. The predicted molar refractivity (Wildman–Crippen MR) is 109 cm³/mol. The number of benzene rings is 2. The van der Waals surface area contributed by atoms with E-state index >= 15 is 0 Å². The lowest BCUT2D eigenvalue weighted by Crippen LogP contribution is -2.36. The van der Waals surface area contributed by atoms with Gasteiger partial charge in [-0.1, -0.05) is 0 Å². The van der Waals surface area contributed by atoms with Crippen LogP contribution in [-0.2, 0) is 14.8 Å². The van der Waals surface area contributed by atoms with Gasteiger partial charge in [0.2, 0.25) is 0 Å². The first kappa shape index (κ1) is 20.3. The summed E-state index contributed by atoms with van der Waals surface area (Å²) in [5.74, 6) is 0.938. The molecule has 1 aliphatic rings. The van der Waals surface area contributed by atoms with Crippen LogP contribution in [0.5, 0.6) is 11.5 Å². The summed E-state index contributed by atoms with van der Waals surface area (Å²) in [6.07, 6.45) is 0. The standard InChI is InChI=1S/C20H26N2O5S/c1-3-26-19-10-9-18(15-20(19)27-4-2)28(23,24)21-16-5-7-17(8-6-16)22-11-13-25-14-12-22/h5-10,15,21H,3-4,11-14H2,1-2H3. The van der Waals surface area contributed by atoms with Gasteiger partial charge in [-0.3, -0.25) is 4.72 Å².